The maximum Gasteiger partial charge on any atom is 0.227 e. The van der Waals surface area contributed by atoms with Gasteiger partial charge < -0.3 is 14.7 Å². The van der Waals surface area contributed by atoms with Gasteiger partial charge in [0, 0.05) is 49.6 Å². The van der Waals surface area contributed by atoms with Gasteiger partial charge in [0.25, 0.3) is 0 Å². The monoisotopic (exact) mass is 399 g/mol. The maximum absolute atomic E-state index is 14.4. The van der Waals surface area contributed by atoms with Crippen molar-refractivity contribution in [1.29, 1.82) is 0 Å². The summed E-state index contributed by atoms with van der Waals surface area (Å²) in [5.74, 6) is -1.05. The molecule has 0 spiro atoms. The molecule has 0 radical (unpaired) electrons. The summed E-state index contributed by atoms with van der Waals surface area (Å²) in [6.07, 6.45) is 5.31. The highest BCUT2D eigenvalue weighted by molar-refractivity contribution is 5.91. The average molecular weight is 399 g/mol. The van der Waals surface area contributed by atoms with Crippen LogP contribution in [0.2, 0.25) is 0 Å². The number of benzene rings is 1. The summed E-state index contributed by atoms with van der Waals surface area (Å²) in [4.78, 5) is 22.0. The Morgan fingerprint density at radius 1 is 1.14 bits per heavy atom. The number of carbonyl (C=O) groups is 1. The van der Waals surface area contributed by atoms with Gasteiger partial charge >= 0.3 is 0 Å². The molecule has 0 unspecified atom stereocenters. The van der Waals surface area contributed by atoms with Gasteiger partial charge in [-0.3, -0.25) is 9.78 Å². The zero-order chi connectivity index (χ0) is 20.2. The van der Waals surface area contributed by atoms with Gasteiger partial charge in [-0.1, -0.05) is 5.16 Å². The third kappa shape index (κ3) is 4.39. The van der Waals surface area contributed by atoms with Crippen molar-refractivity contribution in [2.75, 3.05) is 23.3 Å². The quantitative estimate of drug-likeness (QED) is 0.682. The van der Waals surface area contributed by atoms with Crippen LogP contribution in [-0.4, -0.2) is 34.1 Å². The predicted octanol–water partition coefficient (Wildman–Crippen LogP) is 3.58. The molecule has 3 aromatic rings. The maximum atomic E-state index is 14.4. The second-order valence-electron chi connectivity index (χ2n) is 6.78. The Hall–Kier alpha value is -3.36. The molecule has 9 heteroatoms. The summed E-state index contributed by atoms with van der Waals surface area (Å²) in [6, 6.07) is 5.78. The Morgan fingerprint density at radius 3 is 2.52 bits per heavy atom. The van der Waals surface area contributed by atoms with E-state index in [2.05, 4.69) is 20.4 Å². The summed E-state index contributed by atoms with van der Waals surface area (Å²) in [6.45, 7) is 1.26. The lowest BCUT2D eigenvalue weighted by Crippen LogP contribution is -2.21. The molecular weight excluding hydrogens is 380 g/mol. The van der Waals surface area contributed by atoms with Gasteiger partial charge in [0.1, 0.15) is 5.69 Å². The van der Waals surface area contributed by atoms with Crippen molar-refractivity contribution in [3.05, 3.63) is 54.2 Å². The third-order valence-corrected chi connectivity index (χ3v) is 4.70. The lowest BCUT2D eigenvalue weighted by atomic mass is 10.2. The lowest BCUT2D eigenvalue weighted by Gasteiger charge is -2.19. The number of carbonyl (C=O) groups excluding carboxylic acids is 1. The number of amides is 1. The van der Waals surface area contributed by atoms with Crippen LogP contribution in [0.15, 0.2) is 41.2 Å². The van der Waals surface area contributed by atoms with Crippen LogP contribution >= 0.6 is 0 Å². The molecule has 1 fully saturated rings. The first kappa shape index (κ1) is 19.0. The zero-order valence-corrected chi connectivity index (χ0v) is 15.6. The molecule has 3 heterocycles. The SMILES string of the molecule is O=C(CCc1nc(-c2ccncc2)no1)Nc1cc(F)c(N2CCCC2)c(F)c1. The van der Waals surface area contributed by atoms with Crippen molar-refractivity contribution in [2.45, 2.75) is 25.7 Å². The first-order chi connectivity index (χ1) is 14.1. The predicted molar refractivity (Wildman–Crippen MR) is 102 cm³/mol. The number of nitrogens with one attached hydrogen (secondary N) is 1. The van der Waals surface area contributed by atoms with E-state index in [0.29, 0.717) is 24.8 Å². The summed E-state index contributed by atoms with van der Waals surface area (Å²) in [7, 11) is 0. The van der Waals surface area contributed by atoms with Crippen molar-refractivity contribution < 1.29 is 18.1 Å². The zero-order valence-electron chi connectivity index (χ0n) is 15.6. The fourth-order valence-electron chi connectivity index (χ4n) is 3.30. The second kappa shape index (κ2) is 8.34. The lowest BCUT2D eigenvalue weighted by molar-refractivity contribution is -0.116. The van der Waals surface area contributed by atoms with Gasteiger partial charge in [0.05, 0.1) is 0 Å². The molecule has 0 bridgehead atoms. The molecule has 1 N–H and O–H groups in total. The molecule has 7 nitrogen and oxygen atoms in total. The van der Waals surface area contributed by atoms with Crippen LogP contribution in [0.3, 0.4) is 0 Å². The van der Waals surface area contributed by atoms with Crippen molar-refractivity contribution in [1.82, 2.24) is 15.1 Å². The van der Waals surface area contributed by atoms with Gasteiger partial charge in [-0.15, -0.1) is 0 Å². The van der Waals surface area contributed by atoms with Crippen molar-refractivity contribution in [3.8, 4) is 11.4 Å². The Kier molecular flexibility index (Phi) is 5.46. The minimum atomic E-state index is -0.680. The molecule has 150 valence electrons. The van der Waals surface area contributed by atoms with E-state index in [4.69, 9.17) is 4.52 Å². The summed E-state index contributed by atoms with van der Waals surface area (Å²) < 4.78 is 33.9. The molecule has 0 aliphatic carbocycles. The van der Waals surface area contributed by atoms with Gasteiger partial charge in [-0.2, -0.15) is 4.98 Å². The molecule has 1 saturated heterocycles. The number of hydrogen-bond donors (Lipinski definition) is 1. The van der Waals surface area contributed by atoms with Crippen LogP contribution in [-0.2, 0) is 11.2 Å². The minimum absolute atomic E-state index is 0.0324. The number of nitrogens with zero attached hydrogens (tertiary/aromatic N) is 4. The summed E-state index contributed by atoms with van der Waals surface area (Å²) in [5.41, 5.74) is 0.800. The molecule has 4 rings (SSSR count). The highest BCUT2D eigenvalue weighted by Crippen LogP contribution is 2.29. The number of aromatic nitrogens is 3. The van der Waals surface area contributed by atoms with Gasteiger partial charge in [-0.25, -0.2) is 8.78 Å². The molecule has 0 saturated carbocycles. The van der Waals surface area contributed by atoms with Crippen molar-refractivity contribution in [3.63, 3.8) is 0 Å². The number of anilines is 2. The largest absolute Gasteiger partial charge is 0.367 e. The third-order valence-electron chi connectivity index (χ3n) is 4.70. The molecule has 1 aliphatic rings. The van der Waals surface area contributed by atoms with E-state index >= 15 is 0 Å². The normalized spacial score (nSPS) is 13.7. The highest BCUT2D eigenvalue weighted by atomic mass is 19.1. The van der Waals surface area contributed by atoms with Crippen LogP contribution in [0.1, 0.15) is 25.2 Å². The smallest absolute Gasteiger partial charge is 0.227 e. The van der Waals surface area contributed by atoms with Crippen molar-refractivity contribution in [2.24, 2.45) is 0 Å². The average Bonchev–Trinajstić information content (AvgIpc) is 3.39. The Balaban J connectivity index is 1.36. The molecule has 1 aromatic carbocycles. The summed E-state index contributed by atoms with van der Waals surface area (Å²) in [5, 5.41) is 6.38. The van der Waals surface area contributed by atoms with E-state index in [1.807, 2.05) is 0 Å². The number of halogens is 2. The van der Waals surface area contributed by atoms with Crippen LogP contribution in [0.5, 0.6) is 0 Å². The van der Waals surface area contributed by atoms with E-state index in [-0.39, 0.29) is 24.2 Å². The summed E-state index contributed by atoms with van der Waals surface area (Å²) >= 11 is 0. The Labute approximate surface area is 165 Å². The minimum Gasteiger partial charge on any atom is -0.367 e. The van der Waals surface area contributed by atoms with Crippen LogP contribution < -0.4 is 10.2 Å². The number of hydrogen-bond acceptors (Lipinski definition) is 6. The fourth-order valence-corrected chi connectivity index (χ4v) is 3.30. The molecular formula is C20H19F2N5O2. The first-order valence-corrected chi connectivity index (χ1v) is 9.37. The standard InChI is InChI=1S/C20H19F2N5O2/c21-15-11-14(12-16(22)19(15)27-9-1-2-10-27)24-17(28)3-4-18-25-20(26-29-18)13-5-7-23-8-6-13/h5-8,11-12H,1-4,9-10H2,(H,24,28). The van der Waals surface area contributed by atoms with Gasteiger partial charge in [0.15, 0.2) is 11.6 Å². The van der Waals surface area contributed by atoms with E-state index in [1.165, 1.54) is 0 Å². The Bertz CT molecular complexity index is 980. The van der Waals surface area contributed by atoms with Crippen LogP contribution in [0.4, 0.5) is 20.2 Å². The molecule has 1 amide bonds. The number of aryl methyl sites for hydroxylation is 1. The van der Waals surface area contributed by atoms with E-state index < -0.39 is 17.5 Å². The fraction of sp³-hybridized carbons (Fsp3) is 0.300. The van der Waals surface area contributed by atoms with E-state index in [9.17, 15) is 13.6 Å². The molecule has 1 aliphatic heterocycles. The Morgan fingerprint density at radius 2 is 1.83 bits per heavy atom. The van der Waals surface area contributed by atoms with Crippen LogP contribution in [0.25, 0.3) is 11.4 Å². The number of rotatable bonds is 6. The van der Waals surface area contributed by atoms with E-state index in [0.717, 1.165) is 30.5 Å². The van der Waals surface area contributed by atoms with Gasteiger partial charge in [-0.05, 0) is 37.1 Å². The molecule has 0 atom stereocenters. The second-order valence-corrected chi connectivity index (χ2v) is 6.78. The highest BCUT2D eigenvalue weighted by Gasteiger charge is 2.21. The first-order valence-electron chi connectivity index (χ1n) is 9.37. The van der Waals surface area contributed by atoms with Crippen LogP contribution in [0, 0.1) is 11.6 Å². The van der Waals surface area contributed by atoms with Crippen molar-refractivity contribution >= 4 is 17.3 Å². The molecule has 29 heavy (non-hydrogen) atoms. The van der Waals surface area contributed by atoms with E-state index in [1.54, 1.807) is 29.4 Å². The van der Waals surface area contributed by atoms with Gasteiger partial charge in [0.2, 0.25) is 17.6 Å². The number of pyridine rings is 1. The molecule has 2 aromatic heterocycles. The topological polar surface area (TPSA) is 84.1 Å².